The molecule has 0 atom stereocenters. The van der Waals surface area contributed by atoms with Crippen molar-refractivity contribution in [3.05, 3.63) is 40.8 Å². The van der Waals surface area contributed by atoms with Crippen molar-refractivity contribution in [3.8, 4) is 5.75 Å². The van der Waals surface area contributed by atoms with Crippen LogP contribution < -0.4 is 9.64 Å². The molecule has 0 bridgehead atoms. The van der Waals surface area contributed by atoms with Gasteiger partial charge in [0.25, 0.3) is 10.0 Å². The molecule has 3 heterocycles. The second-order valence-electron chi connectivity index (χ2n) is 7.62. The first kappa shape index (κ1) is 20.4. The lowest BCUT2D eigenvalue weighted by atomic mass is 9.92. The van der Waals surface area contributed by atoms with Gasteiger partial charge in [0.05, 0.1) is 12.8 Å². The Labute approximate surface area is 176 Å². The number of rotatable bonds is 4. The summed E-state index contributed by atoms with van der Waals surface area (Å²) < 4.78 is 32.9. The maximum absolute atomic E-state index is 13.4. The lowest BCUT2D eigenvalue weighted by molar-refractivity contribution is -0.123. The third kappa shape index (κ3) is 3.69. The minimum absolute atomic E-state index is 0.0861. The first-order valence-electron chi connectivity index (χ1n) is 9.95. The summed E-state index contributed by atoms with van der Waals surface area (Å²) in [6.45, 7) is 3.50. The van der Waals surface area contributed by atoms with Crippen LogP contribution in [-0.2, 0) is 21.2 Å². The smallest absolute Gasteiger partial charge is 0.252 e. The summed E-state index contributed by atoms with van der Waals surface area (Å²) in [5.74, 6) is 0.653. The van der Waals surface area contributed by atoms with E-state index in [1.54, 1.807) is 24.6 Å². The van der Waals surface area contributed by atoms with Crippen LogP contribution in [-0.4, -0.2) is 45.4 Å². The lowest BCUT2D eigenvalue weighted by Gasteiger charge is -2.37. The van der Waals surface area contributed by atoms with E-state index in [-0.39, 0.29) is 11.8 Å². The highest BCUT2D eigenvalue weighted by molar-refractivity contribution is 7.91. The Balaban J connectivity index is 1.51. The predicted octanol–water partition coefficient (Wildman–Crippen LogP) is 3.45. The highest BCUT2D eigenvalue weighted by Gasteiger charge is 2.36. The molecule has 8 heteroatoms. The van der Waals surface area contributed by atoms with Gasteiger partial charge in [0.15, 0.2) is 0 Å². The third-order valence-corrected chi connectivity index (χ3v) is 9.21. The number of nitrogens with zero attached hydrogens (tertiary/aromatic N) is 2. The summed E-state index contributed by atoms with van der Waals surface area (Å²) in [7, 11) is -1.82. The number of ether oxygens (including phenoxy) is 1. The van der Waals surface area contributed by atoms with E-state index in [1.165, 1.54) is 26.8 Å². The maximum Gasteiger partial charge on any atom is 0.252 e. The Kier molecular flexibility index (Phi) is 5.68. The molecule has 1 amide bonds. The number of benzene rings is 1. The number of amides is 1. The van der Waals surface area contributed by atoms with Gasteiger partial charge in [-0.25, -0.2) is 8.42 Å². The minimum Gasteiger partial charge on any atom is -0.495 e. The van der Waals surface area contributed by atoms with E-state index < -0.39 is 10.0 Å². The maximum atomic E-state index is 13.4. The minimum atomic E-state index is -3.45. The number of hydrogen-bond donors (Lipinski definition) is 0. The summed E-state index contributed by atoms with van der Waals surface area (Å²) in [6, 6.07) is 7.35. The molecule has 0 N–H and O–H groups in total. The summed E-state index contributed by atoms with van der Waals surface area (Å²) in [5.41, 5.74) is 3.26. The van der Waals surface area contributed by atoms with Gasteiger partial charge in [-0.3, -0.25) is 4.79 Å². The number of carbonyl (C=O) groups is 1. The van der Waals surface area contributed by atoms with Crippen LogP contribution in [0.25, 0.3) is 0 Å². The lowest BCUT2D eigenvalue weighted by Crippen LogP contribution is -2.45. The van der Waals surface area contributed by atoms with Crippen LogP contribution in [0.2, 0.25) is 0 Å². The molecule has 1 fully saturated rings. The Hall–Kier alpha value is -1.90. The molecule has 0 radical (unpaired) electrons. The molecule has 1 aromatic heterocycles. The van der Waals surface area contributed by atoms with Crippen LogP contribution in [0.5, 0.6) is 5.75 Å². The van der Waals surface area contributed by atoms with Gasteiger partial charge in [-0.05, 0) is 61.2 Å². The van der Waals surface area contributed by atoms with Crippen molar-refractivity contribution in [1.82, 2.24) is 4.31 Å². The van der Waals surface area contributed by atoms with Gasteiger partial charge < -0.3 is 9.64 Å². The molecule has 6 nitrogen and oxygen atoms in total. The number of sulfonamides is 1. The highest BCUT2D eigenvalue weighted by Crippen LogP contribution is 2.39. The first-order chi connectivity index (χ1) is 13.9. The molecule has 2 aliphatic heterocycles. The fraction of sp³-hybridized carbons (Fsp3) is 0.476. The zero-order chi connectivity index (χ0) is 20.6. The number of fused-ring (bicyclic) bond motifs is 1. The standard InChI is InChI=1S/C21H26N2O4S2/c1-15-7-8-18(27-2)20-17(15)5-3-11-23(20)21(24)16-9-12-22(13-10-16)29(25,26)19-6-4-14-28-19/h4,6-8,14,16H,3,5,9-13H2,1-2H3. The van der Waals surface area contributed by atoms with E-state index in [9.17, 15) is 13.2 Å². The SMILES string of the molecule is COc1ccc(C)c2c1N(C(=O)C1CCN(S(=O)(=O)c3cccs3)CC1)CCC2. The zero-order valence-corrected chi connectivity index (χ0v) is 18.4. The summed E-state index contributed by atoms with van der Waals surface area (Å²) >= 11 is 1.23. The highest BCUT2D eigenvalue weighted by atomic mass is 32.2. The Morgan fingerprint density at radius 2 is 1.93 bits per heavy atom. The number of methoxy groups -OCH3 is 1. The average molecular weight is 435 g/mol. The molecule has 2 aromatic rings. The quantitative estimate of drug-likeness (QED) is 0.739. The van der Waals surface area contributed by atoms with Gasteiger partial charge in [-0.15, -0.1) is 11.3 Å². The van der Waals surface area contributed by atoms with E-state index in [1.807, 2.05) is 17.0 Å². The van der Waals surface area contributed by atoms with Gasteiger partial charge in [-0.1, -0.05) is 12.1 Å². The molecule has 1 saturated heterocycles. The molecule has 4 rings (SSSR count). The molecular formula is C21H26N2O4S2. The van der Waals surface area contributed by atoms with Gasteiger partial charge in [-0.2, -0.15) is 4.31 Å². The molecule has 0 aliphatic carbocycles. The second kappa shape index (κ2) is 8.08. The third-order valence-electron chi connectivity index (χ3n) is 5.94. The van der Waals surface area contributed by atoms with Gasteiger partial charge in [0.2, 0.25) is 5.91 Å². The van der Waals surface area contributed by atoms with Crippen LogP contribution in [0.4, 0.5) is 5.69 Å². The van der Waals surface area contributed by atoms with E-state index in [4.69, 9.17) is 4.74 Å². The Morgan fingerprint density at radius 3 is 2.59 bits per heavy atom. The van der Waals surface area contributed by atoms with Crippen molar-refractivity contribution >= 4 is 33.0 Å². The van der Waals surface area contributed by atoms with E-state index in [0.717, 1.165) is 24.3 Å². The van der Waals surface area contributed by atoms with Gasteiger partial charge in [0.1, 0.15) is 9.96 Å². The topological polar surface area (TPSA) is 66.9 Å². The van der Waals surface area contributed by atoms with Gasteiger partial charge in [0, 0.05) is 25.6 Å². The van der Waals surface area contributed by atoms with Crippen molar-refractivity contribution in [2.24, 2.45) is 5.92 Å². The number of carbonyl (C=O) groups excluding carboxylic acids is 1. The van der Waals surface area contributed by atoms with Crippen LogP contribution in [0.3, 0.4) is 0 Å². The summed E-state index contributed by atoms with van der Waals surface area (Å²) in [5, 5.41) is 1.77. The number of thiophene rings is 1. The number of hydrogen-bond acceptors (Lipinski definition) is 5. The van der Waals surface area contributed by atoms with Crippen molar-refractivity contribution in [2.45, 2.75) is 36.8 Å². The molecular weight excluding hydrogens is 408 g/mol. The van der Waals surface area contributed by atoms with Crippen molar-refractivity contribution < 1.29 is 17.9 Å². The normalized spacial score (nSPS) is 18.5. The van der Waals surface area contributed by atoms with Crippen LogP contribution in [0.15, 0.2) is 33.9 Å². The van der Waals surface area contributed by atoms with Crippen molar-refractivity contribution in [3.63, 3.8) is 0 Å². The largest absolute Gasteiger partial charge is 0.495 e. The Morgan fingerprint density at radius 1 is 1.17 bits per heavy atom. The van der Waals surface area contributed by atoms with Crippen LogP contribution in [0.1, 0.15) is 30.4 Å². The first-order valence-corrected chi connectivity index (χ1v) is 12.3. The monoisotopic (exact) mass is 434 g/mol. The molecule has 0 saturated carbocycles. The van der Waals surface area contributed by atoms with E-state index in [0.29, 0.717) is 36.7 Å². The van der Waals surface area contributed by atoms with E-state index in [2.05, 4.69) is 6.92 Å². The molecule has 1 aromatic carbocycles. The van der Waals surface area contributed by atoms with Crippen molar-refractivity contribution in [2.75, 3.05) is 31.6 Å². The predicted molar refractivity (Wildman–Crippen MR) is 114 cm³/mol. The average Bonchev–Trinajstić information content (AvgIpc) is 3.29. The molecule has 0 unspecified atom stereocenters. The molecule has 2 aliphatic rings. The fourth-order valence-corrected chi connectivity index (χ4v) is 6.95. The number of anilines is 1. The number of piperidine rings is 1. The second-order valence-corrected chi connectivity index (χ2v) is 10.7. The van der Waals surface area contributed by atoms with Crippen LogP contribution >= 0.6 is 11.3 Å². The Bertz CT molecular complexity index is 994. The fourth-order valence-electron chi connectivity index (χ4n) is 4.34. The zero-order valence-electron chi connectivity index (χ0n) is 16.8. The molecule has 29 heavy (non-hydrogen) atoms. The number of aryl methyl sites for hydroxylation is 1. The van der Waals surface area contributed by atoms with Crippen molar-refractivity contribution in [1.29, 1.82) is 0 Å². The molecule has 156 valence electrons. The summed E-state index contributed by atoms with van der Waals surface area (Å²) in [6.07, 6.45) is 2.96. The molecule has 0 spiro atoms. The van der Waals surface area contributed by atoms with Crippen LogP contribution in [0, 0.1) is 12.8 Å². The van der Waals surface area contributed by atoms with E-state index >= 15 is 0 Å². The summed E-state index contributed by atoms with van der Waals surface area (Å²) in [4.78, 5) is 15.3. The van der Waals surface area contributed by atoms with Gasteiger partial charge >= 0.3 is 0 Å².